The molecule has 0 saturated carbocycles. The summed E-state index contributed by atoms with van der Waals surface area (Å²) in [5.41, 5.74) is 2.25. The van der Waals surface area contributed by atoms with E-state index in [0.29, 0.717) is 13.0 Å². The zero-order valence-corrected chi connectivity index (χ0v) is 12.2. The summed E-state index contributed by atoms with van der Waals surface area (Å²) in [6, 6.07) is 9.38. The summed E-state index contributed by atoms with van der Waals surface area (Å²) in [4.78, 5) is 10.3. The van der Waals surface area contributed by atoms with Crippen molar-refractivity contribution in [1.82, 2.24) is 0 Å². The Morgan fingerprint density at radius 1 is 1.33 bits per heavy atom. The predicted molar refractivity (Wildman–Crippen MR) is 81.4 cm³/mol. The fourth-order valence-corrected chi connectivity index (χ4v) is 2.26. The Labute approximate surface area is 126 Å². The average Bonchev–Trinajstić information content (AvgIpc) is 2.42. The van der Waals surface area contributed by atoms with E-state index in [4.69, 9.17) is 11.6 Å². The first kappa shape index (κ1) is 15.3. The largest absolute Gasteiger partial charge is 0.384 e. The number of anilines is 1. The van der Waals surface area contributed by atoms with Crippen LogP contribution in [0.1, 0.15) is 11.1 Å². The first-order valence-corrected chi connectivity index (χ1v) is 6.78. The number of aryl methyl sites for hydroxylation is 1. The minimum Gasteiger partial charge on any atom is -0.384 e. The molecule has 0 aliphatic heterocycles. The predicted octanol–water partition coefficient (Wildman–Crippen LogP) is 4.35. The van der Waals surface area contributed by atoms with E-state index in [1.54, 1.807) is 19.1 Å². The summed E-state index contributed by atoms with van der Waals surface area (Å²) in [5, 5.41) is 14.0. The van der Waals surface area contributed by atoms with Gasteiger partial charge in [0.2, 0.25) is 0 Å². The zero-order valence-electron chi connectivity index (χ0n) is 11.4. The van der Waals surface area contributed by atoms with Gasteiger partial charge in [-0.2, -0.15) is 0 Å². The number of nitrogens with one attached hydrogen (secondary N) is 1. The molecule has 0 amide bonds. The van der Waals surface area contributed by atoms with Crippen molar-refractivity contribution in [3.63, 3.8) is 0 Å². The summed E-state index contributed by atoms with van der Waals surface area (Å²) >= 11 is 5.88. The number of benzene rings is 2. The van der Waals surface area contributed by atoms with Gasteiger partial charge >= 0.3 is 0 Å². The maximum Gasteiger partial charge on any atom is 0.288 e. The highest BCUT2D eigenvalue weighted by molar-refractivity contribution is 6.33. The van der Waals surface area contributed by atoms with Crippen LogP contribution in [0.25, 0.3) is 0 Å². The van der Waals surface area contributed by atoms with Gasteiger partial charge in [-0.3, -0.25) is 10.1 Å². The Kier molecular flexibility index (Phi) is 4.75. The lowest BCUT2D eigenvalue weighted by molar-refractivity contribution is -0.384. The second kappa shape index (κ2) is 6.54. The fraction of sp³-hybridized carbons (Fsp3) is 0.200. The number of nitro groups is 1. The normalized spacial score (nSPS) is 10.4. The summed E-state index contributed by atoms with van der Waals surface area (Å²) in [5.74, 6) is -0.262. The van der Waals surface area contributed by atoms with Crippen molar-refractivity contribution in [3.8, 4) is 0 Å². The molecule has 0 saturated heterocycles. The number of nitrogens with zero attached hydrogens (tertiary/aromatic N) is 1. The number of nitro benzene ring substituents is 1. The van der Waals surface area contributed by atoms with Gasteiger partial charge in [0.05, 0.1) is 4.92 Å². The van der Waals surface area contributed by atoms with Crippen LogP contribution in [-0.2, 0) is 6.42 Å². The molecule has 2 rings (SSSR count). The molecule has 2 aromatic rings. The highest BCUT2D eigenvalue weighted by atomic mass is 35.5. The molecular formula is C15H14ClFN2O2. The lowest BCUT2D eigenvalue weighted by atomic mass is 10.1. The van der Waals surface area contributed by atoms with Gasteiger partial charge in [-0.25, -0.2) is 4.39 Å². The Hall–Kier alpha value is -2.14. The van der Waals surface area contributed by atoms with E-state index in [0.717, 1.165) is 16.8 Å². The SMILES string of the molecule is Cc1cc([N+](=O)[O-])c(Cl)cc1NCCc1cccc(F)c1. The van der Waals surface area contributed by atoms with Crippen LogP contribution >= 0.6 is 11.6 Å². The molecule has 6 heteroatoms. The molecule has 0 atom stereocenters. The second-order valence-electron chi connectivity index (χ2n) is 4.68. The van der Waals surface area contributed by atoms with E-state index in [2.05, 4.69) is 5.32 Å². The molecule has 0 bridgehead atoms. The standard InChI is InChI=1S/C15H14ClFN2O2/c1-10-7-15(19(20)21)13(16)9-14(10)18-6-5-11-3-2-4-12(17)8-11/h2-4,7-9,18H,5-6H2,1H3. The van der Waals surface area contributed by atoms with E-state index in [-0.39, 0.29) is 16.5 Å². The Balaban J connectivity index is 2.04. The van der Waals surface area contributed by atoms with Crippen molar-refractivity contribution in [2.45, 2.75) is 13.3 Å². The third kappa shape index (κ3) is 3.92. The van der Waals surface area contributed by atoms with Crippen molar-refractivity contribution < 1.29 is 9.31 Å². The van der Waals surface area contributed by atoms with Gasteiger partial charge in [-0.05, 0) is 42.7 Å². The molecule has 0 aliphatic carbocycles. The first-order valence-electron chi connectivity index (χ1n) is 6.40. The molecule has 0 fully saturated rings. The molecule has 1 N–H and O–H groups in total. The maximum atomic E-state index is 13.1. The Morgan fingerprint density at radius 2 is 2.10 bits per heavy atom. The molecular weight excluding hydrogens is 295 g/mol. The minimum atomic E-state index is -0.508. The summed E-state index contributed by atoms with van der Waals surface area (Å²) in [6.45, 7) is 2.35. The van der Waals surface area contributed by atoms with Crippen LogP contribution in [-0.4, -0.2) is 11.5 Å². The van der Waals surface area contributed by atoms with Crippen molar-refractivity contribution in [3.05, 3.63) is 68.5 Å². The monoisotopic (exact) mass is 308 g/mol. The van der Waals surface area contributed by atoms with Crippen molar-refractivity contribution in [2.24, 2.45) is 0 Å². The number of hydrogen-bond donors (Lipinski definition) is 1. The van der Waals surface area contributed by atoms with Crippen LogP contribution in [0.3, 0.4) is 0 Å². The molecule has 0 unspecified atom stereocenters. The third-order valence-corrected chi connectivity index (χ3v) is 3.41. The highest BCUT2D eigenvalue weighted by Gasteiger charge is 2.14. The van der Waals surface area contributed by atoms with Crippen LogP contribution < -0.4 is 5.32 Å². The molecule has 0 aromatic heterocycles. The average molecular weight is 309 g/mol. The van der Waals surface area contributed by atoms with Crippen molar-refractivity contribution in [1.29, 1.82) is 0 Å². The van der Waals surface area contributed by atoms with Crippen LogP contribution in [0.2, 0.25) is 5.02 Å². The molecule has 21 heavy (non-hydrogen) atoms. The van der Waals surface area contributed by atoms with E-state index >= 15 is 0 Å². The van der Waals surface area contributed by atoms with Crippen molar-refractivity contribution in [2.75, 3.05) is 11.9 Å². The van der Waals surface area contributed by atoms with Gasteiger partial charge in [0.15, 0.2) is 0 Å². The van der Waals surface area contributed by atoms with E-state index in [9.17, 15) is 14.5 Å². The summed E-state index contributed by atoms with van der Waals surface area (Å²) in [6.07, 6.45) is 0.645. The van der Waals surface area contributed by atoms with Gasteiger partial charge in [0.1, 0.15) is 10.8 Å². The van der Waals surface area contributed by atoms with Gasteiger partial charge in [-0.1, -0.05) is 23.7 Å². The van der Waals surface area contributed by atoms with Gasteiger partial charge in [-0.15, -0.1) is 0 Å². The summed E-state index contributed by atoms with van der Waals surface area (Å²) < 4.78 is 13.1. The van der Waals surface area contributed by atoms with E-state index in [1.165, 1.54) is 18.2 Å². The van der Waals surface area contributed by atoms with Gasteiger partial charge in [0.25, 0.3) is 5.69 Å². The number of halogens is 2. The lowest BCUT2D eigenvalue weighted by Crippen LogP contribution is -2.06. The summed E-state index contributed by atoms with van der Waals surface area (Å²) in [7, 11) is 0. The highest BCUT2D eigenvalue weighted by Crippen LogP contribution is 2.30. The van der Waals surface area contributed by atoms with Crippen LogP contribution in [0.15, 0.2) is 36.4 Å². The zero-order chi connectivity index (χ0) is 15.4. The quantitative estimate of drug-likeness (QED) is 0.660. The second-order valence-corrected chi connectivity index (χ2v) is 5.09. The third-order valence-electron chi connectivity index (χ3n) is 3.11. The molecule has 0 spiro atoms. The number of hydrogen-bond acceptors (Lipinski definition) is 3. The van der Waals surface area contributed by atoms with Crippen molar-refractivity contribution >= 4 is 23.0 Å². The minimum absolute atomic E-state index is 0.0962. The molecule has 2 aromatic carbocycles. The smallest absolute Gasteiger partial charge is 0.288 e. The lowest BCUT2D eigenvalue weighted by Gasteiger charge is -2.10. The van der Waals surface area contributed by atoms with Crippen LogP contribution in [0.4, 0.5) is 15.8 Å². The van der Waals surface area contributed by atoms with Gasteiger partial charge < -0.3 is 5.32 Å². The molecule has 0 heterocycles. The first-order chi connectivity index (χ1) is 9.97. The van der Waals surface area contributed by atoms with Gasteiger partial charge in [0, 0.05) is 18.3 Å². The van der Waals surface area contributed by atoms with Crippen LogP contribution in [0, 0.1) is 22.9 Å². The van der Waals surface area contributed by atoms with E-state index < -0.39 is 4.92 Å². The van der Waals surface area contributed by atoms with E-state index in [1.807, 2.05) is 6.07 Å². The molecule has 0 radical (unpaired) electrons. The maximum absolute atomic E-state index is 13.1. The van der Waals surface area contributed by atoms with Crippen LogP contribution in [0.5, 0.6) is 0 Å². The fourth-order valence-electron chi connectivity index (χ4n) is 2.03. The molecule has 0 aliphatic rings. The topological polar surface area (TPSA) is 55.2 Å². The Bertz CT molecular complexity index is 677. The molecule has 4 nitrogen and oxygen atoms in total. The molecule has 110 valence electrons. The Morgan fingerprint density at radius 3 is 2.76 bits per heavy atom. The number of rotatable bonds is 5.